The normalized spacial score (nSPS) is 27.2. The molecule has 3 heterocycles. The van der Waals surface area contributed by atoms with Gasteiger partial charge in [0.25, 0.3) is 11.8 Å². The Morgan fingerprint density at radius 1 is 1.25 bits per heavy atom. The second-order valence-electron chi connectivity index (χ2n) is 7.75. The summed E-state index contributed by atoms with van der Waals surface area (Å²) in [6.45, 7) is 0.398. The molecule has 1 aromatic rings. The average molecular weight is 392 g/mol. The second-order valence-corrected chi connectivity index (χ2v) is 7.75. The van der Waals surface area contributed by atoms with Crippen molar-refractivity contribution in [3.05, 3.63) is 34.9 Å². The fourth-order valence-corrected chi connectivity index (χ4v) is 4.32. The highest BCUT2D eigenvalue weighted by atomic mass is 19.3. The van der Waals surface area contributed by atoms with Gasteiger partial charge in [-0.1, -0.05) is 12.1 Å². The maximum Gasteiger partial charge on any atom is 0.262 e. The van der Waals surface area contributed by atoms with Crippen LogP contribution in [0, 0.1) is 0 Å². The predicted molar refractivity (Wildman–Crippen MR) is 95.3 cm³/mol. The van der Waals surface area contributed by atoms with Gasteiger partial charge in [0.15, 0.2) is 0 Å². The van der Waals surface area contributed by atoms with E-state index in [1.807, 2.05) is 6.07 Å². The van der Waals surface area contributed by atoms with E-state index < -0.39 is 17.9 Å². The number of amides is 3. The van der Waals surface area contributed by atoms with Crippen LogP contribution in [0.15, 0.2) is 18.2 Å². The third kappa shape index (κ3) is 3.40. The smallest absolute Gasteiger partial charge is 0.262 e. The van der Waals surface area contributed by atoms with Crippen molar-refractivity contribution in [3.8, 4) is 0 Å². The predicted octanol–water partition coefficient (Wildman–Crippen LogP) is 0.616. The van der Waals surface area contributed by atoms with Crippen molar-refractivity contribution in [2.75, 3.05) is 13.1 Å². The molecule has 0 radical (unpaired) electrons. The number of carbonyl (C=O) groups is 3. The van der Waals surface area contributed by atoms with Crippen LogP contribution in [0.25, 0.3) is 0 Å². The van der Waals surface area contributed by atoms with Crippen LogP contribution < -0.4 is 11.1 Å². The number of fused-ring (bicyclic) bond motifs is 1. The molecule has 9 heteroatoms. The van der Waals surface area contributed by atoms with E-state index in [9.17, 15) is 23.2 Å². The number of carbonyl (C=O) groups excluding carboxylic acids is 3. The zero-order valence-corrected chi connectivity index (χ0v) is 15.3. The minimum Gasteiger partial charge on any atom is -0.329 e. The van der Waals surface area contributed by atoms with Crippen LogP contribution in [0.2, 0.25) is 0 Å². The maximum atomic E-state index is 13.7. The molecule has 3 N–H and O–H groups in total. The Balaban J connectivity index is 1.50. The molecule has 3 aliphatic rings. The second kappa shape index (κ2) is 6.89. The van der Waals surface area contributed by atoms with Gasteiger partial charge in [0.2, 0.25) is 11.8 Å². The van der Waals surface area contributed by atoms with Gasteiger partial charge in [0.05, 0.1) is 6.54 Å². The molecule has 2 atom stereocenters. The van der Waals surface area contributed by atoms with Gasteiger partial charge in [-0.25, -0.2) is 8.78 Å². The van der Waals surface area contributed by atoms with Crippen molar-refractivity contribution in [1.82, 2.24) is 15.1 Å². The lowest BCUT2D eigenvalue weighted by atomic mass is 10.0. The van der Waals surface area contributed by atoms with Crippen LogP contribution in [0.4, 0.5) is 8.78 Å². The fraction of sp³-hybridized carbons (Fsp3) is 0.526. The van der Waals surface area contributed by atoms with Gasteiger partial charge in [0, 0.05) is 44.1 Å². The number of nitrogens with zero attached hydrogens (tertiary/aromatic N) is 2. The lowest BCUT2D eigenvalue weighted by Gasteiger charge is -2.29. The number of imide groups is 1. The number of nitrogens with two attached hydrogens (primary N) is 1. The lowest BCUT2D eigenvalue weighted by molar-refractivity contribution is -0.136. The highest BCUT2D eigenvalue weighted by Gasteiger charge is 2.44. The lowest BCUT2D eigenvalue weighted by Crippen LogP contribution is -2.52. The Morgan fingerprint density at radius 2 is 2.04 bits per heavy atom. The van der Waals surface area contributed by atoms with Crippen LogP contribution >= 0.6 is 0 Å². The Hall–Kier alpha value is -2.39. The highest BCUT2D eigenvalue weighted by Crippen LogP contribution is 2.33. The highest BCUT2D eigenvalue weighted by molar-refractivity contribution is 6.05. The Kier molecular flexibility index (Phi) is 4.67. The molecule has 3 amide bonds. The summed E-state index contributed by atoms with van der Waals surface area (Å²) in [7, 11) is 0. The van der Waals surface area contributed by atoms with E-state index in [0.717, 1.165) is 11.1 Å². The van der Waals surface area contributed by atoms with Gasteiger partial charge in [-0.15, -0.1) is 0 Å². The van der Waals surface area contributed by atoms with Crippen molar-refractivity contribution < 1.29 is 23.2 Å². The molecule has 2 saturated heterocycles. The van der Waals surface area contributed by atoms with Gasteiger partial charge in [-0.05, 0) is 23.6 Å². The number of likely N-dealkylation sites (tertiary alicyclic amines) is 1. The van der Waals surface area contributed by atoms with E-state index in [2.05, 4.69) is 5.32 Å². The van der Waals surface area contributed by atoms with E-state index >= 15 is 0 Å². The van der Waals surface area contributed by atoms with Gasteiger partial charge in [-0.2, -0.15) is 0 Å². The summed E-state index contributed by atoms with van der Waals surface area (Å²) in [5, 5.41) is 2.27. The summed E-state index contributed by atoms with van der Waals surface area (Å²) in [5.41, 5.74) is 7.67. The summed E-state index contributed by atoms with van der Waals surface area (Å²) >= 11 is 0. The van der Waals surface area contributed by atoms with Crippen molar-refractivity contribution in [1.29, 1.82) is 0 Å². The van der Waals surface area contributed by atoms with Crippen molar-refractivity contribution >= 4 is 17.7 Å². The van der Waals surface area contributed by atoms with Gasteiger partial charge in [-0.3, -0.25) is 24.6 Å². The van der Waals surface area contributed by atoms with Crippen molar-refractivity contribution in [3.63, 3.8) is 0 Å². The zero-order chi connectivity index (χ0) is 20.1. The number of benzene rings is 1. The monoisotopic (exact) mass is 392 g/mol. The minimum atomic E-state index is -2.75. The molecule has 1 aromatic carbocycles. The molecule has 0 spiro atoms. The summed E-state index contributed by atoms with van der Waals surface area (Å²) in [6.07, 6.45) is 0.250. The first-order valence-electron chi connectivity index (χ1n) is 9.36. The van der Waals surface area contributed by atoms with Gasteiger partial charge < -0.3 is 10.6 Å². The number of rotatable bonds is 4. The molecule has 2 unspecified atom stereocenters. The fourth-order valence-electron chi connectivity index (χ4n) is 4.32. The molecule has 0 bridgehead atoms. The van der Waals surface area contributed by atoms with Crippen molar-refractivity contribution in [2.45, 2.75) is 50.4 Å². The molecule has 7 nitrogen and oxygen atoms in total. The number of nitrogens with one attached hydrogen (secondary N) is 1. The molecule has 2 fully saturated rings. The van der Waals surface area contributed by atoms with Crippen LogP contribution in [-0.2, 0) is 22.7 Å². The topological polar surface area (TPSA) is 95.7 Å². The average Bonchev–Trinajstić information content (AvgIpc) is 3.11. The van der Waals surface area contributed by atoms with E-state index in [1.165, 1.54) is 4.90 Å². The molecule has 0 aromatic heterocycles. The Morgan fingerprint density at radius 3 is 2.75 bits per heavy atom. The summed E-state index contributed by atoms with van der Waals surface area (Å²) in [6, 6.07) is 4.29. The number of piperidine rings is 1. The third-order valence-corrected chi connectivity index (χ3v) is 5.74. The van der Waals surface area contributed by atoms with E-state index in [0.29, 0.717) is 18.5 Å². The summed E-state index contributed by atoms with van der Waals surface area (Å²) in [4.78, 5) is 39.4. The van der Waals surface area contributed by atoms with Crippen LogP contribution in [0.1, 0.15) is 40.7 Å². The maximum absolute atomic E-state index is 13.7. The molecule has 4 rings (SSSR count). The molecular weight excluding hydrogens is 370 g/mol. The molecule has 150 valence electrons. The van der Waals surface area contributed by atoms with Crippen LogP contribution in [0.3, 0.4) is 0 Å². The van der Waals surface area contributed by atoms with E-state index in [4.69, 9.17) is 5.73 Å². The SMILES string of the molecule is NCC1CC(F)(F)CN1Cc1ccc2c(c1)C(=O)N(C1CCC(=O)NC1=O)C2. The van der Waals surface area contributed by atoms with E-state index in [-0.39, 0.29) is 50.3 Å². The minimum absolute atomic E-state index is 0.156. The molecule has 28 heavy (non-hydrogen) atoms. The summed E-state index contributed by atoms with van der Waals surface area (Å²) in [5.74, 6) is -3.81. The Labute approximate surface area is 160 Å². The van der Waals surface area contributed by atoms with Crippen LogP contribution in [0.5, 0.6) is 0 Å². The standard InChI is InChI=1S/C19H22F2N4O3/c20-19(21)6-13(7-22)24(10-19)8-11-1-2-12-9-25(18(28)14(12)5-11)15-3-4-16(26)23-17(15)27/h1-2,5,13,15H,3-4,6-10,22H2,(H,23,26,27). The first-order valence-corrected chi connectivity index (χ1v) is 9.36. The third-order valence-electron chi connectivity index (χ3n) is 5.74. The Bertz CT molecular complexity index is 844. The number of halogens is 2. The van der Waals surface area contributed by atoms with Gasteiger partial charge in [0.1, 0.15) is 6.04 Å². The quantitative estimate of drug-likeness (QED) is 0.733. The molecule has 0 saturated carbocycles. The van der Waals surface area contributed by atoms with Crippen molar-refractivity contribution in [2.24, 2.45) is 5.73 Å². The first-order chi connectivity index (χ1) is 13.3. The van der Waals surface area contributed by atoms with Crippen LogP contribution in [-0.4, -0.2) is 58.6 Å². The first kappa shape index (κ1) is 18.9. The van der Waals surface area contributed by atoms with Gasteiger partial charge >= 0.3 is 0 Å². The largest absolute Gasteiger partial charge is 0.329 e. The summed E-state index contributed by atoms with van der Waals surface area (Å²) < 4.78 is 27.4. The number of alkyl halides is 2. The molecule has 3 aliphatic heterocycles. The molecule has 0 aliphatic carbocycles. The number of hydrogen-bond donors (Lipinski definition) is 2. The molecular formula is C19H22F2N4O3. The van der Waals surface area contributed by atoms with E-state index in [1.54, 1.807) is 17.0 Å². The number of hydrogen-bond acceptors (Lipinski definition) is 5. The zero-order valence-electron chi connectivity index (χ0n) is 15.3.